The van der Waals surface area contributed by atoms with Gasteiger partial charge >= 0.3 is 0 Å². The van der Waals surface area contributed by atoms with Crippen LogP contribution in [0.3, 0.4) is 0 Å². The van der Waals surface area contributed by atoms with E-state index in [-0.39, 0.29) is 11.9 Å². The highest BCUT2D eigenvalue weighted by molar-refractivity contribution is 6.30. The maximum atomic E-state index is 12.0. The molecule has 5 nitrogen and oxygen atoms in total. The molecule has 0 aliphatic heterocycles. The van der Waals surface area contributed by atoms with Crippen molar-refractivity contribution in [1.82, 2.24) is 19.9 Å². The van der Waals surface area contributed by atoms with Crippen LogP contribution in [0.2, 0.25) is 5.02 Å². The number of nitrogens with one attached hydrogen (secondary N) is 1. The molecule has 0 aromatic carbocycles. The molecule has 0 aliphatic rings. The van der Waals surface area contributed by atoms with Crippen molar-refractivity contribution in [1.29, 1.82) is 0 Å². The number of carbonyl (C=O) groups excluding carboxylic acids is 1. The van der Waals surface area contributed by atoms with E-state index in [2.05, 4.69) is 15.3 Å². The van der Waals surface area contributed by atoms with Crippen molar-refractivity contribution in [2.24, 2.45) is 0 Å². The number of amides is 1. The van der Waals surface area contributed by atoms with Crippen LogP contribution in [0.15, 0.2) is 37.1 Å². The monoisotopic (exact) mass is 278 g/mol. The van der Waals surface area contributed by atoms with Crippen LogP contribution in [-0.2, 0) is 6.54 Å². The summed E-state index contributed by atoms with van der Waals surface area (Å²) in [5.41, 5.74) is 0.369. The van der Waals surface area contributed by atoms with Crippen LogP contribution in [0.4, 0.5) is 0 Å². The molecule has 2 aromatic rings. The minimum absolute atomic E-state index is 0.0409. The number of hydrogen-bond donors (Lipinski definition) is 1. The van der Waals surface area contributed by atoms with Crippen molar-refractivity contribution in [3.63, 3.8) is 0 Å². The van der Waals surface area contributed by atoms with Crippen molar-refractivity contribution in [3.05, 3.63) is 47.8 Å². The normalized spacial score (nSPS) is 12.1. The van der Waals surface area contributed by atoms with E-state index in [1.54, 1.807) is 24.7 Å². The van der Waals surface area contributed by atoms with Gasteiger partial charge in [0.15, 0.2) is 0 Å². The van der Waals surface area contributed by atoms with Crippen molar-refractivity contribution in [3.8, 4) is 0 Å². The molecule has 0 saturated heterocycles. The number of hydrogen-bond acceptors (Lipinski definition) is 3. The first-order chi connectivity index (χ1) is 9.19. The molecule has 0 aliphatic carbocycles. The van der Waals surface area contributed by atoms with Gasteiger partial charge in [0.05, 0.1) is 11.3 Å². The third-order valence-electron chi connectivity index (χ3n) is 2.78. The Morgan fingerprint density at radius 1 is 1.53 bits per heavy atom. The second-order valence-electron chi connectivity index (χ2n) is 4.20. The number of pyridine rings is 1. The van der Waals surface area contributed by atoms with Crippen molar-refractivity contribution in [2.45, 2.75) is 25.9 Å². The maximum Gasteiger partial charge on any atom is 0.270 e. The number of carbonyl (C=O) groups is 1. The Kier molecular flexibility index (Phi) is 4.52. The molecule has 1 N–H and O–H groups in total. The van der Waals surface area contributed by atoms with Gasteiger partial charge in [0.2, 0.25) is 0 Å². The molecule has 6 heteroatoms. The highest BCUT2D eigenvalue weighted by Gasteiger charge is 2.13. The van der Waals surface area contributed by atoms with Crippen LogP contribution in [0.5, 0.6) is 0 Å². The summed E-state index contributed by atoms with van der Waals surface area (Å²) in [6, 6.07) is 3.31. The van der Waals surface area contributed by atoms with Crippen molar-refractivity contribution >= 4 is 17.5 Å². The van der Waals surface area contributed by atoms with Crippen molar-refractivity contribution in [2.75, 3.05) is 0 Å². The van der Waals surface area contributed by atoms with Crippen molar-refractivity contribution < 1.29 is 4.79 Å². The quantitative estimate of drug-likeness (QED) is 0.911. The highest BCUT2D eigenvalue weighted by Crippen LogP contribution is 2.07. The van der Waals surface area contributed by atoms with Gasteiger partial charge < -0.3 is 9.88 Å². The molecule has 0 unspecified atom stereocenters. The van der Waals surface area contributed by atoms with E-state index in [1.807, 2.05) is 17.7 Å². The fourth-order valence-electron chi connectivity index (χ4n) is 1.70. The maximum absolute atomic E-state index is 12.0. The van der Waals surface area contributed by atoms with E-state index in [1.165, 1.54) is 6.20 Å². The standard InChI is InChI=1S/C13H15ClN4O/c1-2-11(8-18-6-5-15-9-18)17-13(19)12-4-3-10(14)7-16-12/h3-7,9,11H,2,8H2,1H3,(H,17,19)/t11-/m1/s1. The number of nitrogens with zero attached hydrogens (tertiary/aromatic N) is 3. The van der Waals surface area contributed by atoms with Gasteiger partial charge in [0.1, 0.15) is 5.69 Å². The summed E-state index contributed by atoms with van der Waals surface area (Å²) in [5.74, 6) is -0.191. The Bertz CT molecular complexity index is 524. The number of imidazole rings is 1. The highest BCUT2D eigenvalue weighted by atomic mass is 35.5. The summed E-state index contributed by atoms with van der Waals surface area (Å²) in [6.07, 6.45) is 7.62. The third kappa shape index (κ3) is 3.79. The SMILES string of the molecule is CC[C@H](Cn1ccnc1)NC(=O)c1ccc(Cl)cn1. The Hall–Kier alpha value is -1.88. The van der Waals surface area contributed by atoms with E-state index in [0.717, 1.165) is 6.42 Å². The molecule has 2 heterocycles. The number of aromatic nitrogens is 3. The van der Waals surface area contributed by atoms with Gasteiger partial charge in [0, 0.05) is 31.2 Å². The van der Waals surface area contributed by atoms with Gasteiger partial charge in [-0.25, -0.2) is 9.97 Å². The molecular formula is C13H15ClN4O. The lowest BCUT2D eigenvalue weighted by molar-refractivity contribution is 0.0927. The Morgan fingerprint density at radius 2 is 2.37 bits per heavy atom. The fraction of sp³-hybridized carbons (Fsp3) is 0.308. The lowest BCUT2D eigenvalue weighted by Crippen LogP contribution is -2.37. The summed E-state index contributed by atoms with van der Waals surface area (Å²) in [4.78, 5) is 20.0. The van der Waals surface area contributed by atoms with Gasteiger partial charge in [-0.2, -0.15) is 0 Å². The minimum atomic E-state index is -0.191. The number of rotatable bonds is 5. The Balaban J connectivity index is 1.98. The topological polar surface area (TPSA) is 59.8 Å². The molecule has 1 amide bonds. The van der Waals surface area contributed by atoms with Gasteiger partial charge in [0.25, 0.3) is 5.91 Å². The summed E-state index contributed by atoms with van der Waals surface area (Å²) >= 11 is 5.74. The average Bonchev–Trinajstić information content (AvgIpc) is 2.91. The van der Waals surface area contributed by atoms with E-state index in [4.69, 9.17) is 11.6 Å². The van der Waals surface area contributed by atoms with Crippen LogP contribution in [-0.4, -0.2) is 26.5 Å². The predicted octanol–water partition coefficient (Wildman–Crippen LogP) is 2.14. The predicted molar refractivity (Wildman–Crippen MR) is 73.0 cm³/mol. The number of halogens is 1. The largest absolute Gasteiger partial charge is 0.346 e. The van der Waals surface area contributed by atoms with E-state index < -0.39 is 0 Å². The van der Waals surface area contributed by atoms with E-state index >= 15 is 0 Å². The fourth-order valence-corrected chi connectivity index (χ4v) is 1.81. The van der Waals surface area contributed by atoms with Crippen LogP contribution in [0.25, 0.3) is 0 Å². The molecule has 100 valence electrons. The summed E-state index contributed by atoms with van der Waals surface area (Å²) in [5, 5.41) is 3.46. The zero-order valence-electron chi connectivity index (χ0n) is 10.6. The Labute approximate surface area is 116 Å². The molecule has 0 spiro atoms. The molecular weight excluding hydrogens is 264 g/mol. The first-order valence-corrected chi connectivity index (χ1v) is 6.45. The lowest BCUT2D eigenvalue weighted by atomic mass is 10.2. The van der Waals surface area contributed by atoms with Crippen LogP contribution in [0.1, 0.15) is 23.8 Å². The smallest absolute Gasteiger partial charge is 0.270 e. The molecule has 2 aromatic heterocycles. The summed E-state index contributed by atoms with van der Waals surface area (Å²) in [6.45, 7) is 2.72. The lowest BCUT2D eigenvalue weighted by Gasteiger charge is -2.17. The van der Waals surface area contributed by atoms with Crippen LogP contribution >= 0.6 is 11.6 Å². The van der Waals surface area contributed by atoms with E-state index in [0.29, 0.717) is 17.3 Å². The first kappa shape index (κ1) is 13.5. The average molecular weight is 279 g/mol. The van der Waals surface area contributed by atoms with Gasteiger partial charge in [-0.15, -0.1) is 0 Å². The third-order valence-corrected chi connectivity index (χ3v) is 3.00. The molecule has 0 radical (unpaired) electrons. The van der Waals surface area contributed by atoms with Gasteiger partial charge in [-0.1, -0.05) is 18.5 Å². The van der Waals surface area contributed by atoms with Crippen LogP contribution in [0, 0.1) is 0 Å². The molecule has 1 atom stereocenters. The van der Waals surface area contributed by atoms with Gasteiger partial charge in [-0.3, -0.25) is 4.79 Å². The minimum Gasteiger partial charge on any atom is -0.346 e. The van der Waals surface area contributed by atoms with Crippen LogP contribution < -0.4 is 5.32 Å². The molecule has 0 saturated carbocycles. The molecule has 0 fully saturated rings. The second-order valence-corrected chi connectivity index (χ2v) is 4.64. The molecule has 19 heavy (non-hydrogen) atoms. The molecule has 0 bridgehead atoms. The van der Waals surface area contributed by atoms with E-state index in [9.17, 15) is 4.79 Å². The zero-order chi connectivity index (χ0) is 13.7. The van der Waals surface area contributed by atoms with Gasteiger partial charge in [-0.05, 0) is 18.6 Å². The second kappa shape index (κ2) is 6.33. The summed E-state index contributed by atoms with van der Waals surface area (Å²) in [7, 11) is 0. The summed E-state index contributed by atoms with van der Waals surface area (Å²) < 4.78 is 1.93. The Morgan fingerprint density at radius 3 is 2.95 bits per heavy atom. The zero-order valence-corrected chi connectivity index (χ0v) is 11.3. The molecule has 2 rings (SSSR count). The first-order valence-electron chi connectivity index (χ1n) is 6.07.